The molecule has 5 nitrogen and oxygen atoms in total. The highest BCUT2D eigenvalue weighted by Crippen LogP contribution is 2.15. The fourth-order valence-electron chi connectivity index (χ4n) is 1.74. The second-order valence-electron chi connectivity index (χ2n) is 4.96. The lowest BCUT2D eigenvalue weighted by atomic mass is 10.1. The summed E-state index contributed by atoms with van der Waals surface area (Å²) in [5, 5.41) is 10.3. The number of hydrogen-bond acceptors (Lipinski definition) is 3. The molecular weight excluding hydrogens is 276 g/mol. The summed E-state index contributed by atoms with van der Waals surface area (Å²) in [6.45, 7) is 5.94. The van der Waals surface area contributed by atoms with Crippen molar-refractivity contribution in [1.82, 2.24) is 20.5 Å². The topological polar surface area (TPSA) is 70.7 Å². The Kier molecular flexibility index (Phi) is 4.39. The molecule has 0 fully saturated rings. The zero-order valence-corrected chi connectivity index (χ0v) is 12.4. The summed E-state index contributed by atoms with van der Waals surface area (Å²) in [7, 11) is 0. The molecule has 0 aromatic carbocycles. The zero-order chi connectivity index (χ0) is 14.7. The van der Waals surface area contributed by atoms with Gasteiger partial charge in [-0.25, -0.2) is 0 Å². The van der Waals surface area contributed by atoms with Gasteiger partial charge in [-0.2, -0.15) is 5.10 Å². The summed E-state index contributed by atoms with van der Waals surface area (Å²) in [6, 6.07) is 5.09. The highest BCUT2D eigenvalue weighted by Gasteiger charge is 2.15. The van der Waals surface area contributed by atoms with Crippen LogP contribution in [0.2, 0.25) is 5.02 Å². The van der Waals surface area contributed by atoms with Gasteiger partial charge in [0.2, 0.25) is 0 Å². The summed E-state index contributed by atoms with van der Waals surface area (Å²) in [6.07, 6.45) is 1.56. The van der Waals surface area contributed by atoms with Crippen LogP contribution in [-0.2, 0) is 0 Å². The van der Waals surface area contributed by atoms with Gasteiger partial charge >= 0.3 is 0 Å². The number of pyridine rings is 1. The lowest BCUT2D eigenvalue weighted by Gasteiger charge is -2.12. The van der Waals surface area contributed by atoms with Crippen molar-refractivity contribution in [3.05, 3.63) is 46.5 Å². The third-order valence-corrected chi connectivity index (χ3v) is 3.22. The van der Waals surface area contributed by atoms with Crippen molar-refractivity contribution in [2.75, 3.05) is 0 Å². The average molecular weight is 293 g/mol. The predicted octanol–water partition coefficient (Wildman–Crippen LogP) is 3.07. The third kappa shape index (κ3) is 3.36. The molecule has 0 saturated carbocycles. The van der Waals surface area contributed by atoms with Crippen LogP contribution in [0, 0.1) is 0 Å². The maximum atomic E-state index is 12.1. The maximum absolute atomic E-state index is 12.1. The Hall–Kier alpha value is -1.88. The van der Waals surface area contributed by atoms with Crippen LogP contribution in [0.4, 0.5) is 0 Å². The van der Waals surface area contributed by atoms with E-state index in [2.05, 4.69) is 20.5 Å². The number of H-pyrrole nitrogens is 1. The summed E-state index contributed by atoms with van der Waals surface area (Å²) in [5.74, 6) is 0.0804. The van der Waals surface area contributed by atoms with Crippen LogP contribution in [0.3, 0.4) is 0 Å². The Bertz CT molecular complexity index is 591. The number of carbonyl (C=O) groups excluding carboxylic acids is 1. The van der Waals surface area contributed by atoms with E-state index >= 15 is 0 Å². The molecule has 2 heterocycles. The smallest absolute Gasteiger partial charge is 0.272 e. The van der Waals surface area contributed by atoms with E-state index in [0.717, 1.165) is 11.4 Å². The average Bonchev–Trinajstić information content (AvgIpc) is 2.89. The molecular formula is C14H17ClN4O. The van der Waals surface area contributed by atoms with Gasteiger partial charge in [-0.15, -0.1) is 0 Å². The Labute approximate surface area is 122 Å². The Morgan fingerprint density at radius 1 is 1.35 bits per heavy atom. The number of aromatic nitrogens is 3. The summed E-state index contributed by atoms with van der Waals surface area (Å²) >= 11 is 5.79. The highest BCUT2D eigenvalue weighted by atomic mass is 35.5. The first-order valence-electron chi connectivity index (χ1n) is 6.45. The Morgan fingerprint density at radius 2 is 2.10 bits per heavy atom. The van der Waals surface area contributed by atoms with Crippen LogP contribution in [0.5, 0.6) is 0 Å². The van der Waals surface area contributed by atoms with Crippen molar-refractivity contribution >= 4 is 17.5 Å². The molecule has 0 aliphatic heterocycles. The zero-order valence-electron chi connectivity index (χ0n) is 11.6. The second-order valence-corrected chi connectivity index (χ2v) is 5.40. The van der Waals surface area contributed by atoms with Gasteiger partial charge in [0.1, 0.15) is 5.69 Å². The fraction of sp³-hybridized carbons (Fsp3) is 0.357. The molecule has 2 rings (SSSR count). The van der Waals surface area contributed by atoms with E-state index in [-0.39, 0.29) is 11.9 Å². The van der Waals surface area contributed by atoms with E-state index in [9.17, 15) is 4.79 Å². The van der Waals surface area contributed by atoms with Crippen LogP contribution in [-0.4, -0.2) is 21.1 Å². The summed E-state index contributed by atoms with van der Waals surface area (Å²) < 4.78 is 0. The minimum atomic E-state index is -0.225. The number of halogens is 1. The van der Waals surface area contributed by atoms with Gasteiger partial charge in [-0.05, 0) is 31.0 Å². The van der Waals surface area contributed by atoms with Gasteiger partial charge in [-0.3, -0.25) is 14.9 Å². The van der Waals surface area contributed by atoms with E-state index in [1.807, 2.05) is 20.8 Å². The number of nitrogens with one attached hydrogen (secondary N) is 2. The second kappa shape index (κ2) is 6.05. The van der Waals surface area contributed by atoms with Crippen LogP contribution < -0.4 is 5.32 Å². The Balaban J connectivity index is 2.04. The molecule has 20 heavy (non-hydrogen) atoms. The highest BCUT2D eigenvalue weighted by molar-refractivity contribution is 6.30. The molecule has 0 unspecified atom stereocenters. The van der Waals surface area contributed by atoms with Gasteiger partial charge in [-0.1, -0.05) is 25.4 Å². The van der Waals surface area contributed by atoms with E-state index < -0.39 is 0 Å². The van der Waals surface area contributed by atoms with E-state index in [1.165, 1.54) is 0 Å². The molecule has 2 aromatic rings. The van der Waals surface area contributed by atoms with Crippen molar-refractivity contribution in [2.24, 2.45) is 0 Å². The third-order valence-electron chi connectivity index (χ3n) is 2.99. The molecule has 106 valence electrons. The number of amides is 1. The lowest BCUT2D eigenvalue weighted by molar-refractivity contribution is 0.0934. The van der Waals surface area contributed by atoms with Crippen molar-refractivity contribution in [3.63, 3.8) is 0 Å². The first kappa shape index (κ1) is 14.5. The molecule has 0 spiro atoms. The molecule has 6 heteroatoms. The van der Waals surface area contributed by atoms with Crippen molar-refractivity contribution < 1.29 is 4.79 Å². The quantitative estimate of drug-likeness (QED) is 0.910. The number of carbonyl (C=O) groups is 1. The molecule has 0 aliphatic carbocycles. The summed E-state index contributed by atoms with van der Waals surface area (Å²) in [5.41, 5.74) is 2.07. The van der Waals surface area contributed by atoms with Gasteiger partial charge in [0.15, 0.2) is 0 Å². The first-order chi connectivity index (χ1) is 9.47. The van der Waals surface area contributed by atoms with Crippen molar-refractivity contribution in [3.8, 4) is 0 Å². The van der Waals surface area contributed by atoms with Crippen LogP contribution in [0.25, 0.3) is 0 Å². The lowest BCUT2D eigenvalue weighted by Crippen LogP contribution is -2.27. The van der Waals surface area contributed by atoms with Crippen LogP contribution >= 0.6 is 11.6 Å². The van der Waals surface area contributed by atoms with Crippen molar-refractivity contribution in [1.29, 1.82) is 0 Å². The molecule has 0 radical (unpaired) electrons. The Morgan fingerprint density at radius 3 is 2.65 bits per heavy atom. The van der Waals surface area contributed by atoms with Crippen LogP contribution in [0.15, 0.2) is 24.4 Å². The number of rotatable bonds is 4. The van der Waals surface area contributed by atoms with Crippen molar-refractivity contribution in [2.45, 2.75) is 32.7 Å². The molecule has 2 N–H and O–H groups in total. The predicted molar refractivity (Wildman–Crippen MR) is 77.8 cm³/mol. The number of nitrogens with zero attached hydrogens (tertiary/aromatic N) is 2. The molecule has 0 bridgehead atoms. The molecule has 2 aromatic heterocycles. The van der Waals surface area contributed by atoms with E-state index in [0.29, 0.717) is 16.6 Å². The van der Waals surface area contributed by atoms with Crippen LogP contribution in [0.1, 0.15) is 54.6 Å². The van der Waals surface area contributed by atoms with Gasteiger partial charge < -0.3 is 5.32 Å². The summed E-state index contributed by atoms with van der Waals surface area (Å²) in [4.78, 5) is 16.3. The SMILES string of the molecule is CC(C)c1cc(C(=O)N[C@@H](C)c2ccc(Cl)cn2)n[nH]1. The monoisotopic (exact) mass is 292 g/mol. The minimum absolute atomic E-state index is 0.209. The van der Waals surface area contributed by atoms with Gasteiger partial charge in [0, 0.05) is 11.9 Å². The standard InChI is InChI=1S/C14H17ClN4O/c1-8(2)12-6-13(19-18-12)14(20)17-9(3)11-5-4-10(15)7-16-11/h4-9H,1-3H3,(H,17,20)(H,18,19)/t9-/m0/s1. The molecule has 0 saturated heterocycles. The molecule has 1 atom stereocenters. The molecule has 1 amide bonds. The van der Waals surface area contributed by atoms with E-state index in [4.69, 9.17) is 11.6 Å². The molecule has 0 aliphatic rings. The van der Waals surface area contributed by atoms with Gasteiger partial charge in [0.05, 0.1) is 16.8 Å². The minimum Gasteiger partial charge on any atom is -0.343 e. The van der Waals surface area contributed by atoms with E-state index in [1.54, 1.807) is 24.4 Å². The number of hydrogen-bond donors (Lipinski definition) is 2. The largest absolute Gasteiger partial charge is 0.343 e. The number of aromatic amines is 1. The van der Waals surface area contributed by atoms with Gasteiger partial charge in [0.25, 0.3) is 5.91 Å². The normalized spacial score (nSPS) is 12.4. The first-order valence-corrected chi connectivity index (χ1v) is 6.82. The fourth-order valence-corrected chi connectivity index (χ4v) is 1.85. The maximum Gasteiger partial charge on any atom is 0.272 e.